The summed E-state index contributed by atoms with van der Waals surface area (Å²) < 4.78 is 20.2. The van der Waals surface area contributed by atoms with Gasteiger partial charge in [-0.2, -0.15) is 5.10 Å². The molecule has 9 heteroatoms. The number of methoxy groups -OCH3 is 2. The lowest BCUT2D eigenvalue weighted by atomic mass is 10.1. The highest BCUT2D eigenvalue weighted by molar-refractivity contribution is 9.10. The molecule has 0 radical (unpaired) electrons. The van der Waals surface area contributed by atoms with E-state index in [0.717, 1.165) is 21.2 Å². The Hall–Kier alpha value is -3.30. The monoisotopic (exact) mass is 540 g/mol. The van der Waals surface area contributed by atoms with Crippen LogP contribution in [0.4, 0.5) is 0 Å². The maximum Gasteiger partial charge on any atom is 0.214 e. The minimum Gasteiger partial charge on any atom is -0.496 e. The molecular weight excluding hydrogens is 516 g/mol. The van der Waals surface area contributed by atoms with Crippen LogP contribution in [0.15, 0.2) is 65.1 Å². The first kappa shape index (κ1) is 23.8. The van der Waals surface area contributed by atoms with E-state index < -0.39 is 0 Å². The predicted octanol–water partition coefficient (Wildman–Crippen LogP) is 6.02. The summed E-state index contributed by atoms with van der Waals surface area (Å²) in [5.74, 6) is 2.64. The SMILES string of the molecule is COc1cc(CNn2c(-c3ccccc3OC)n[nH]c2=S)c(Br)cc1OCc1cccc(C)c1. The highest BCUT2D eigenvalue weighted by Crippen LogP contribution is 2.34. The van der Waals surface area contributed by atoms with Crippen molar-refractivity contribution < 1.29 is 14.2 Å². The Bertz CT molecular complexity index is 1350. The molecule has 0 bridgehead atoms. The predicted molar refractivity (Wildman–Crippen MR) is 139 cm³/mol. The number of aromatic amines is 1. The van der Waals surface area contributed by atoms with Gasteiger partial charge in [0.2, 0.25) is 4.77 Å². The number of hydrogen-bond donors (Lipinski definition) is 2. The van der Waals surface area contributed by atoms with Crippen LogP contribution in [0.1, 0.15) is 16.7 Å². The maximum atomic E-state index is 6.05. The quantitative estimate of drug-likeness (QED) is 0.253. The average molecular weight is 541 g/mol. The summed E-state index contributed by atoms with van der Waals surface area (Å²) in [6, 6.07) is 19.7. The van der Waals surface area contributed by atoms with E-state index in [2.05, 4.69) is 50.6 Å². The van der Waals surface area contributed by atoms with Gasteiger partial charge in [-0.25, -0.2) is 9.77 Å². The fourth-order valence-electron chi connectivity index (χ4n) is 3.57. The van der Waals surface area contributed by atoms with Crippen molar-refractivity contribution in [2.45, 2.75) is 20.1 Å². The van der Waals surface area contributed by atoms with Crippen LogP contribution in [0.25, 0.3) is 11.4 Å². The molecule has 2 N–H and O–H groups in total. The lowest BCUT2D eigenvalue weighted by Crippen LogP contribution is -2.16. The molecule has 0 saturated heterocycles. The number of ether oxygens (including phenoxy) is 3. The summed E-state index contributed by atoms with van der Waals surface area (Å²) in [7, 11) is 3.26. The fourth-order valence-corrected chi connectivity index (χ4v) is 4.23. The minimum atomic E-state index is 0.446. The molecule has 0 amide bonds. The van der Waals surface area contributed by atoms with E-state index in [0.29, 0.717) is 41.0 Å². The highest BCUT2D eigenvalue weighted by atomic mass is 79.9. The number of nitrogens with zero attached hydrogens (tertiary/aromatic N) is 2. The summed E-state index contributed by atoms with van der Waals surface area (Å²) in [5.41, 5.74) is 7.42. The second kappa shape index (κ2) is 10.8. The molecule has 176 valence electrons. The van der Waals surface area contributed by atoms with E-state index in [1.165, 1.54) is 5.56 Å². The van der Waals surface area contributed by atoms with Gasteiger partial charge >= 0.3 is 0 Å². The van der Waals surface area contributed by atoms with E-state index >= 15 is 0 Å². The molecule has 0 saturated carbocycles. The van der Waals surface area contributed by atoms with Crippen LogP contribution in [-0.4, -0.2) is 29.1 Å². The Morgan fingerprint density at radius 2 is 1.79 bits per heavy atom. The Morgan fingerprint density at radius 1 is 1.00 bits per heavy atom. The molecule has 34 heavy (non-hydrogen) atoms. The molecule has 4 aromatic rings. The Kier molecular flexibility index (Phi) is 7.54. The zero-order chi connectivity index (χ0) is 24.1. The molecule has 3 aromatic carbocycles. The summed E-state index contributed by atoms with van der Waals surface area (Å²) in [4.78, 5) is 0. The molecule has 0 unspecified atom stereocenters. The van der Waals surface area contributed by atoms with Crippen molar-refractivity contribution in [3.05, 3.63) is 86.6 Å². The van der Waals surface area contributed by atoms with Gasteiger partial charge in [-0.1, -0.05) is 57.9 Å². The molecular formula is C25H25BrN4O3S. The number of H-pyrrole nitrogens is 1. The van der Waals surface area contributed by atoms with E-state index in [4.69, 9.17) is 26.4 Å². The smallest absolute Gasteiger partial charge is 0.214 e. The first-order valence-corrected chi connectivity index (χ1v) is 11.8. The van der Waals surface area contributed by atoms with Crippen LogP contribution in [0.2, 0.25) is 0 Å². The molecule has 0 aliphatic carbocycles. The number of halogens is 1. The minimum absolute atomic E-state index is 0.446. The number of nitrogens with one attached hydrogen (secondary N) is 2. The first-order valence-electron chi connectivity index (χ1n) is 10.6. The van der Waals surface area contributed by atoms with Crippen LogP contribution < -0.4 is 19.6 Å². The normalized spacial score (nSPS) is 10.7. The van der Waals surface area contributed by atoms with Crippen molar-refractivity contribution in [2.24, 2.45) is 0 Å². The maximum absolute atomic E-state index is 6.05. The third-order valence-corrected chi connectivity index (χ3v) is 6.27. The lowest BCUT2D eigenvalue weighted by Gasteiger charge is -2.16. The number of benzene rings is 3. The number of rotatable bonds is 9. The van der Waals surface area contributed by atoms with Gasteiger partial charge < -0.3 is 19.6 Å². The molecule has 7 nitrogen and oxygen atoms in total. The van der Waals surface area contributed by atoms with Crippen molar-refractivity contribution in [1.82, 2.24) is 14.9 Å². The van der Waals surface area contributed by atoms with Gasteiger partial charge in [-0.3, -0.25) is 0 Å². The zero-order valence-corrected chi connectivity index (χ0v) is 21.5. The average Bonchev–Trinajstić information content (AvgIpc) is 3.22. The summed E-state index contributed by atoms with van der Waals surface area (Å²) >= 11 is 9.11. The number of hydrogen-bond acceptors (Lipinski definition) is 6. The molecule has 0 spiro atoms. The van der Waals surface area contributed by atoms with Crippen LogP contribution in [0.5, 0.6) is 17.2 Å². The third kappa shape index (κ3) is 5.26. The fraction of sp³-hybridized carbons (Fsp3) is 0.200. The number of aryl methyl sites for hydroxylation is 1. The van der Waals surface area contributed by atoms with Crippen molar-refractivity contribution in [3.8, 4) is 28.6 Å². The second-order valence-electron chi connectivity index (χ2n) is 7.60. The van der Waals surface area contributed by atoms with E-state index in [9.17, 15) is 0 Å². The van der Waals surface area contributed by atoms with Crippen molar-refractivity contribution in [1.29, 1.82) is 0 Å². The van der Waals surface area contributed by atoms with Crippen molar-refractivity contribution >= 4 is 28.1 Å². The van der Waals surface area contributed by atoms with Gasteiger partial charge in [0.1, 0.15) is 12.4 Å². The summed E-state index contributed by atoms with van der Waals surface area (Å²) in [6.07, 6.45) is 0. The van der Waals surface area contributed by atoms with Crippen molar-refractivity contribution in [2.75, 3.05) is 19.6 Å². The Morgan fingerprint density at radius 3 is 2.56 bits per heavy atom. The molecule has 0 atom stereocenters. The van der Waals surface area contributed by atoms with Crippen LogP contribution in [0.3, 0.4) is 0 Å². The largest absolute Gasteiger partial charge is 0.496 e. The van der Waals surface area contributed by atoms with Gasteiger partial charge in [-0.15, -0.1) is 0 Å². The molecule has 0 fully saturated rings. The van der Waals surface area contributed by atoms with Crippen molar-refractivity contribution in [3.63, 3.8) is 0 Å². The molecule has 1 heterocycles. The summed E-state index contributed by atoms with van der Waals surface area (Å²) in [6.45, 7) is 2.98. The lowest BCUT2D eigenvalue weighted by molar-refractivity contribution is 0.284. The van der Waals surface area contributed by atoms with Gasteiger partial charge in [0.25, 0.3) is 0 Å². The van der Waals surface area contributed by atoms with Gasteiger partial charge in [-0.05, 0) is 54.5 Å². The topological polar surface area (TPSA) is 73.3 Å². The van der Waals surface area contributed by atoms with E-state index in [1.807, 2.05) is 48.5 Å². The van der Waals surface area contributed by atoms with Crippen LogP contribution >= 0.6 is 28.1 Å². The number of para-hydroxylation sites is 1. The van der Waals surface area contributed by atoms with E-state index in [1.54, 1.807) is 18.9 Å². The van der Waals surface area contributed by atoms with Gasteiger partial charge in [0.05, 0.1) is 26.3 Å². The third-order valence-electron chi connectivity index (χ3n) is 5.26. The van der Waals surface area contributed by atoms with Gasteiger partial charge in [0.15, 0.2) is 17.3 Å². The molecule has 4 rings (SSSR count). The highest BCUT2D eigenvalue weighted by Gasteiger charge is 2.15. The Labute approximate surface area is 211 Å². The van der Waals surface area contributed by atoms with Gasteiger partial charge in [0, 0.05) is 4.47 Å². The number of aromatic nitrogens is 3. The first-order chi connectivity index (χ1) is 16.5. The molecule has 0 aliphatic heterocycles. The zero-order valence-electron chi connectivity index (χ0n) is 19.1. The standard InChI is InChI=1S/C25H25BrN4O3S/c1-16-7-6-8-17(11-16)15-33-23-13-20(26)18(12-22(23)32-3)14-27-30-24(28-29-25(30)34)19-9-4-5-10-21(19)31-2/h4-13,27H,14-15H2,1-3H3,(H,29,34). The molecule has 0 aliphatic rings. The molecule has 1 aromatic heterocycles. The van der Waals surface area contributed by atoms with E-state index in [-0.39, 0.29) is 0 Å². The second-order valence-corrected chi connectivity index (χ2v) is 8.84. The Balaban J connectivity index is 1.54. The van der Waals surface area contributed by atoms with Crippen LogP contribution in [-0.2, 0) is 13.2 Å². The summed E-state index contributed by atoms with van der Waals surface area (Å²) in [5, 5.41) is 7.23. The van der Waals surface area contributed by atoms with Crippen LogP contribution in [0, 0.1) is 11.7 Å².